The van der Waals surface area contributed by atoms with Crippen molar-refractivity contribution in [2.75, 3.05) is 6.54 Å². The Kier molecular flexibility index (Phi) is 6.23. The minimum absolute atomic E-state index is 0.219. The van der Waals surface area contributed by atoms with E-state index in [4.69, 9.17) is 10.8 Å². The topological polar surface area (TPSA) is 92.4 Å². The number of carboxylic acids is 1. The summed E-state index contributed by atoms with van der Waals surface area (Å²) in [6.07, 6.45) is 4.47. The molecule has 1 aliphatic heterocycles. The van der Waals surface area contributed by atoms with Crippen LogP contribution in [0.25, 0.3) is 0 Å². The van der Waals surface area contributed by atoms with Gasteiger partial charge >= 0.3 is 5.97 Å². The number of rotatable bonds is 8. The Balaban J connectivity index is 2.38. The molecule has 114 valence electrons. The van der Waals surface area contributed by atoms with Crippen molar-refractivity contribution in [2.45, 2.75) is 49.3 Å². The number of nitrogens with two attached hydrogens (primary N) is 1. The van der Waals surface area contributed by atoms with Crippen molar-refractivity contribution in [3.63, 3.8) is 0 Å². The molecule has 1 aliphatic rings. The summed E-state index contributed by atoms with van der Waals surface area (Å²) in [5.41, 5.74) is 5.95. The number of hydrogen-bond acceptors (Lipinski definition) is 5. The molecular weight excluding hydrogens is 276 g/mol. The molecule has 0 aromatic heterocycles. The van der Waals surface area contributed by atoms with E-state index in [-0.39, 0.29) is 17.2 Å². The van der Waals surface area contributed by atoms with Gasteiger partial charge in [-0.1, -0.05) is 32.9 Å². The third-order valence-corrected chi connectivity index (χ3v) is 5.08. The van der Waals surface area contributed by atoms with Gasteiger partial charge in [0.15, 0.2) is 0 Å². The Morgan fingerprint density at radius 2 is 2.20 bits per heavy atom. The molecule has 0 radical (unpaired) electrons. The summed E-state index contributed by atoms with van der Waals surface area (Å²) in [7, 11) is 0. The molecule has 1 saturated heterocycles. The lowest BCUT2D eigenvalue weighted by atomic mass is 9.89. The molecule has 3 unspecified atom stereocenters. The Morgan fingerprint density at radius 3 is 2.65 bits per heavy atom. The molecule has 5 nitrogen and oxygen atoms in total. The van der Waals surface area contributed by atoms with Crippen LogP contribution in [0.5, 0.6) is 0 Å². The molecule has 0 aliphatic carbocycles. The van der Waals surface area contributed by atoms with Gasteiger partial charge in [0.2, 0.25) is 0 Å². The van der Waals surface area contributed by atoms with Gasteiger partial charge in [0, 0.05) is 28.5 Å². The third kappa shape index (κ3) is 4.92. The van der Waals surface area contributed by atoms with Gasteiger partial charge in [-0.2, -0.15) is 11.8 Å². The zero-order chi connectivity index (χ0) is 15.3. The molecule has 4 N–H and O–H groups in total. The van der Waals surface area contributed by atoms with Crippen LogP contribution in [-0.4, -0.2) is 46.0 Å². The number of carbonyl (C=O) groups is 2. The van der Waals surface area contributed by atoms with Crippen molar-refractivity contribution in [2.24, 2.45) is 11.7 Å². The second-order valence-electron chi connectivity index (χ2n) is 5.75. The molecular formula is C14H24N2O3S. The minimum Gasteiger partial charge on any atom is -0.481 e. The van der Waals surface area contributed by atoms with Gasteiger partial charge in [-0.25, -0.2) is 0 Å². The van der Waals surface area contributed by atoms with Gasteiger partial charge in [0.25, 0.3) is 0 Å². The first-order valence-corrected chi connectivity index (χ1v) is 7.66. The van der Waals surface area contributed by atoms with Crippen LogP contribution < -0.4 is 11.1 Å². The highest BCUT2D eigenvalue weighted by Gasteiger charge is 2.43. The molecule has 0 saturated carbocycles. The molecule has 6 heteroatoms. The molecule has 0 spiro atoms. The molecule has 1 fully saturated rings. The van der Waals surface area contributed by atoms with Crippen molar-refractivity contribution in [3.8, 4) is 0 Å². The van der Waals surface area contributed by atoms with Crippen molar-refractivity contribution in [3.05, 3.63) is 12.2 Å². The highest BCUT2D eigenvalue weighted by Crippen LogP contribution is 2.51. The Morgan fingerprint density at radius 1 is 1.55 bits per heavy atom. The van der Waals surface area contributed by atoms with Gasteiger partial charge in [0.05, 0.1) is 12.5 Å². The number of allylic oxidation sites excluding steroid dienone is 1. The highest BCUT2D eigenvalue weighted by molar-refractivity contribution is 8.02. The van der Waals surface area contributed by atoms with E-state index >= 15 is 0 Å². The zero-order valence-corrected chi connectivity index (χ0v) is 13.0. The Bertz CT molecular complexity index is 385. The first kappa shape index (κ1) is 17.2. The quantitative estimate of drug-likeness (QED) is 0.458. The first-order valence-electron chi connectivity index (χ1n) is 6.78. The molecule has 20 heavy (non-hydrogen) atoms. The van der Waals surface area contributed by atoms with Crippen LogP contribution in [0.15, 0.2) is 12.2 Å². The van der Waals surface area contributed by atoms with Gasteiger partial charge < -0.3 is 21.0 Å². The maximum atomic E-state index is 10.7. The molecule has 0 amide bonds. The van der Waals surface area contributed by atoms with E-state index in [9.17, 15) is 9.59 Å². The van der Waals surface area contributed by atoms with Gasteiger partial charge in [-0.05, 0) is 0 Å². The molecule has 0 aromatic rings. The minimum atomic E-state index is -0.999. The Hall–Kier alpha value is -0.850. The maximum Gasteiger partial charge on any atom is 0.305 e. The number of carboxylic acid groups (broad SMARTS) is 1. The van der Waals surface area contributed by atoms with Gasteiger partial charge in [-0.3, -0.25) is 4.79 Å². The predicted octanol–water partition coefficient (Wildman–Crippen LogP) is 1.03. The second kappa shape index (κ2) is 7.24. The van der Waals surface area contributed by atoms with Gasteiger partial charge in [-0.15, -0.1) is 0 Å². The van der Waals surface area contributed by atoms with Crippen molar-refractivity contribution in [1.29, 1.82) is 0 Å². The number of thioether (sulfide) groups is 1. The van der Waals surface area contributed by atoms with Crippen molar-refractivity contribution >= 4 is 24.0 Å². The summed E-state index contributed by atoms with van der Waals surface area (Å²) in [5, 5.41) is 12.1. The second-order valence-corrected chi connectivity index (χ2v) is 7.78. The number of hydrogen-bond donors (Lipinski definition) is 3. The van der Waals surface area contributed by atoms with Crippen molar-refractivity contribution < 1.29 is 14.7 Å². The lowest BCUT2D eigenvalue weighted by Gasteiger charge is -2.48. The van der Waals surface area contributed by atoms with Crippen LogP contribution >= 0.6 is 11.8 Å². The predicted molar refractivity (Wildman–Crippen MR) is 81.8 cm³/mol. The van der Waals surface area contributed by atoms with Crippen molar-refractivity contribution in [1.82, 2.24) is 5.32 Å². The largest absolute Gasteiger partial charge is 0.481 e. The molecule has 4 atom stereocenters. The smallest absolute Gasteiger partial charge is 0.305 e. The number of nitrogens with one attached hydrogen (secondary N) is 1. The standard InChI is InChI=1S/C14H24N2O3S/c1-9-12(14(2,3)20-9)5-4-10(15)7-16-11(8-17)6-13(18)19/h4-5,8-12,16H,6-7,15H2,1-3H3,(H,18,19)/b5-4+/t9?,10?,11-,12?/m0/s1. The van der Waals surface area contributed by atoms with E-state index in [2.05, 4.69) is 32.2 Å². The fraction of sp³-hybridized carbons (Fsp3) is 0.714. The Labute approximate surface area is 124 Å². The van der Waals surface area contributed by atoms with E-state index in [1.807, 2.05) is 17.8 Å². The number of carbonyl (C=O) groups excluding carboxylic acids is 1. The first-order chi connectivity index (χ1) is 9.26. The van der Waals surface area contributed by atoms with Crippen LogP contribution in [0.2, 0.25) is 0 Å². The molecule has 1 heterocycles. The summed E-state index contributed by atoms with van der Waals surface area (Å²) in [4.78, 5) is 21.3. The molecule has 0 bridgehead atoms. The average Bonchev–Trinajstić information content (AvgIpc) is 2.33. The fourth-order valence-corrected chi connectivity index (χ4v) is 4.24. The van der Waals surface area contributed by atoms with E-state index in [1.165, 1.54) is 0 Å². The summed E-state index contributed by atoms with van der Waals surface area (Å²) in [6, 6.07) is -0.901. The summed E-state index contributed by atoms with van der Waals surface area (Å²) >= 11 is 1.95. The lowest BCUT2D eigenvalue weighted by molar-refractivity contribution is -0.138. The van der Waals surface area contributed by atoms with Crippen LogP contribution in [-0.2, 0) is 9.59 Å². The maximum absolute atomic E-state index is 10.7. The van der Waals surface area contributed by atoms with Crippen LogP contribution in [0, 0.1) is 5.92 Å². The highest BCUT2D eigenvalue weighted by atomic mass is 32.2. The average molecular weight is 300 g/mol. The lowest BCUT2D eigenvalue weighted by Crippen LogP contribution is -2.45. The van der Waals surface area contributed by atoms with E-state index < -0.39 is 12.0 Å². The number of aldehydes is 1. The monoisotopic (exact) mass is 300 g/mol. The third-order valence-electron chi connectivity index (χ3n) is 3.54. The normalized spacial score (nSPS) is 27.8. The number of aliphatic carboxylic acids is 1. The zero-order valence-electron chi connectivity index (χ0n) is 12.2. The molecule has 0 aromatic carbocycles. The SMILES string of the molecule is CC1SC(C)(C)C1/C=C/C(N)CN[C@H](C=O)CC(=O)O. The summed E-state index contributed by atoms with van der Waals surface area (Å²) < 4.78 is 0.248. The van der Waals surface area contributed by atoms with E-state index in [1.54, 1.807) is 0 Å². The van der Waals surface area contributed by atoms with Crippen LogP contribution in [0.3, 0.4) is 0 Å². The summed E-state index contributed by atoms with van der Waals surface area (Å²) in [6.45, 7) is 7.02. The van der Waals surface area contributed by atoms with E-state index in [0.717, 1.165) is 0 Å². The fourth-order valence-electron chi connectivity index (χ4n) is 2.49. The van der Waals surface area contributed by atoms with Crippen LogP contribution in [0.1, 0.15) is 27.2 Å². The van der Waals surface area contributed by atoms with Gasteiger partial charge in [0.1, 0.15) is 6.29 Å². The van der Waals surface area contributed by atoms with E-state index in [0.29, 0.717) is 24.0 Å². The molecule has 1 rings (SSSR count). The summed E-state index contributed by atoms with van der Waals surface area (Å²) in [5.74, 6) is -0.500. The van der Waals surface area contributed by atoms with Crippen LogP contribution in [0.4, 0.5) is 0 Å².